The standard InChI is InChI=1S/C11H10N4O2/c1-14-10(11(16)17)4-8(13)9-3-2-7(5-12)6-15-9/h2-4,6,13-14H,1H3,(H,16,17)/b10-4-,13-8?. The quantitative estimate of drug-likeness (QED) is 0.515. The highest BCUT2D eigenvalue weighted by molar-refractivity contribution is 6.08. The minimum Gasteiger partial charge on any atom is -0.477 e. The Labute approximate surface area is 97.7 Å². The summed E-state index contributed by atoms with van der Waals surface area (Å²) in [5.74, 6) is -1.15. The van der Waals surface area contributed by atoms with Crippen LogP contribution in [0, 0.1) is 16.7 Å². The van der Waals surface area contributed by atoms with Gasteiger partial charge in [-0.2, -0.15) is 5.26 Å². The number of hydrogen-bond donors (Lipinski definition) is 3. The van der Waals surface area contributed by atoms with E-state index >= 15 is 0 Å². The summed E-state index contributed by atoms with van der Waals surface area (Å²) in [6.45, 7) is 0. The number of carboxylic acid groups (broad SMARTS) is 1. The van der Waals surface area contributed by atoms with Gasteiger partial charge in [-0.25, -0.2) is 4.79 Å². The van der Waals surface area contributed by atoms with E-state index < -0.39 is 5.97 Å². The van der Waals surface area contributed by atoms with E-state index in [-0.39, 0.29) is 11.4 Å². The smallest absolute Gasteiger partial charge is 0.352 e. The average molecular weight is 230 g/mol. The predicted molar refractivity (Wildman–Crippen MR) is 60.6 cm³/mol. The number of aliphatic carboxylic acids is 1. The second-order valence-corrected chi connectivity index (χ2v) is 3.07. The number of nitriles is 1. The highest BCUT2D eigenvalue weighted by atomic mass is 16.4. The van der Waals surface area contributed by atoms with Crippen LogP contribution in [-0.4, -0.2) is 28.8 Å². The fraction of sp³-hybridized carbons (Fsp3) is 0.0909. The summed E-state index contributed by atoms with van der Waals surface area (Å²) in [6, 6.07) is 4.92. The van der Waals surface area contributed by atoms with Crippen LogP contribution in [0.3, 0.4) is 0 Å². The lowest BCUT2D eigenvalue weighted by Gasteiger charge is -2.02. The second-order valence-electron chi connectivity index (χ2n) is 3.07. The number of carboxylic acids is 1. The zero-order valence-corrected chi connectivity index (χ0v) is 9.06. The van der Waals surface area contributed by atoms with Crippen molar-refractivity contribution < 1.29 is 9.90 Å². The van der Waals surface area contributed by atoms with E-state index in [0.29, 0.717) is 11.3 Å². The molecule has 1 rings (SSSR count). The van der Waals surface area contributed by atoms with Gasteiger partial charge in [0.05, 0.1) is 17.0 Å². The Morgan fingerprint density at radius 1 is 1.65 bits per heavy atom. The molecular formula is C11H10N4O2. The number of allylic oxidation sites excluding steroid dienone is 1. The first-order valence-electron chi connectivity index (χ1n) is 4.66. The van der Waals surface area contributed by atoms with Crippen LogP contribution in [-0.2, 0) is 4.79 Å². The van der Waals surface area contributed by atoms with Crippen molar-refractivity contribution in [2.75, 3.05) is 7.05 Å². The first kappa shape index (κ1) is 12.4. The summed E-state index contributed by atoms with van der Waals surface area (Å²) in [4.78, 5) is 14.6. The zero-order chi connectivity index (χ0) is 12.8. The van der Waals surface area contributed by atoms with E-state index in [9.17, 15) is 4.79 Å². The molecule has 0 bridgehead atoms. The molecule has 1 aromatic rings. The zero-order valence-electron chi connectivity index (χ0n) is 9.06. The van der Waals surface area contributed by atoms with Gasteiger partial charge >= 0.3 is 5.97 Å². The first-order valence-corrected chi connectivity index (χ1v) is 4.66. The van der Waals surface area contributed by atoms with Gasteiger partial charge < -0.3 is 10.4 Å². The maximum atomic E-state index is 10.7. The van der Waals surface area contributed by atoms with Crippen molar-refractivity contribution >= 4 is 11.7 Å². The molecule has 0 aliphatic rings. The molecule has 6 heteroatoms. The van der Waals surface area contributed by atoms with Crippen LogP contribution in [0.4, 0.5) is 0 Å². The highest BCUT2D eigenvalue weighted by Gasteiger charge is 2.07. The molecule has 0 aromatic carbocycles. The van der Waals surface area contributed by atoms with Crippen molar-refractivity contribution in [3.63, 3.8) is 0 Å². The van der Waals surface area contributed by atoms with Crippen LogP contribution in [0.25, 0.3) is 0 Å². The molecule has 0 radical (unpaired) electrons. The van der Waals surface area contributed by atoms with Crippen molar-refractivity contribution in [1.29, 1.82) is 10.7 Å². The van der Waals surface area contributed by atoms with Crippen molar-refractivity contribution in [1.82, 2.24) is 10.3 Å². The number of rotatable bonds is 4. The lowest BCUT2D eigenvalue weighted by molar-refractivity contribution is -0.133. The maximum Gasteiger partial charge on any atom is 0.352 e. The molecule has 1 heterocycles. The monoisotopic (exact) mass is 230 g/mol. The number of nitrogens with zero attached hydrogens (tertiary/aromatic N) is 2. The normalized spacial score (nSPS) is 10.5. The fourth-order valence-corrected chi connectivity index (χ4v) is 1.08. The highest BCUT2D eigenvalue weighted by Crippen LogP contribution is 2.02. The third-order valence-corrected chi connectivity index (χ3v) is 1.96. The van der Waals surface area contributed by atoms with E-state index in [0.717, 1.165) is 6.08 Å². The van der Waals surface area contributed by atoms with Gasteiger partial charge in [0, 0.05) is 13.2 Å². The molecule has 3 N–H and O–H groups in total. The Balaban J connectivity index is 2.97. The third-order valence-electron chi connectivity index (χ3n) is 1.96. The summed E-state index contributed by atoms with van der Waals surface area (Å²) in [7, 11) is 1.46. The Hall–Kier alpha value is -2.68. The molecule has 0 unspecified atom stereocenters. The average Bonchev–Trinajstić information content (AvgIpc) is 2.35. The molecule has 0 aliphatic carbocycles. The number of pyridine rings is 1. The Morgan fingerprint density at radius 2 is 2.35 bits per heavy atom. The minimum atomic E-state index is -1.15. The third kappa shape index (κ3) is 3.14. The molecular weight excluding hydrogens is 220 g/mol. The van der Waals surface area contributed by atoms with Gasteiger partial charge in [0.1, 0.15) is 11.8 Å². The summed E-state index contributed by atoms with van der Waals surface area (Å²) in [6.07, 6.45) is 2.49. The number of hydrogen-bond acceptors (Lipinski definition) is 5. The van der Waals surface area contributed by atoms with Gasteiger partial charge in [0.25, 0.3) is 0 Å². The second kappa shape index (κ2) is 5.42. The van der Waals surface area contributed by atoms with Crippen LogP contribution in [0.15, 0.2) is 30.1 Å². The van der Waals surface area contributed by atoms with E-state index in [1.54, 1.807) is 0 Å². The van der Waals surface area contributed by atoms with Gasteiger partial charge in [-0.1, -0.05) is 0 Å². The van der Waals surface area contributed by atoms with E-state index in [2.05, 4.69) is 10.3 Å². The molecule has 0 spiro atoms. The fourth-order valence-electron chi connectivity index (χ4n) is 1.08. The number of likely N-dealkylation sites (N-methyl/N-ethyl adjacent to an activating group) is 1. The Kier molecular flexibility index (Phi) is 3.95. The maximum absolute atomic E-state index is 10.7. The van der Waals surface area contributed by atoms with Gasteiger partial charge in [0.2, 0.25) is 0 Å². The van der Waals surface area contributed by atoms with E-state index in [1.165, 1.54) is 25.4 Å². The molecule has 1 aromatic heterocycles. The molecule has 0 atom stereocenters. The minimum absolute atomic E-state index is 0.0405. The topological polar surface area (TPSA) is 110 Å². The van der Waals surface area contributed by atoms with Crippen molar-refractivity contribution in [3.8, 4) is 6.07 Å². The molecule has 0 aliphatic heterocycles. The lowest BCUT2D eigenvalue weighted by atomic mass is 10.2. The summed E-state index contributed by atoms with van der Waals surface area (Å²) in [5.41, 5.74) is 0.554. The lowest BCUT2D eigenvalue weighted by Crippen LogP contribution is -2.17. The van der Waals surface area contributed by atoms with Crippen molar-refractivity contribution in [3.05, 3.63) is 41.4 Å². The SMILES string of the molecule is CN/C(=C\C(=N)c1ccc(C#N)cn1)C(=O)O. The van der Waals surface area contributed by atoms with Crippen molar-refractivity contribution in [2.45, 2.75) is 0 Å². The van der Waals surface area contributed by atoms with Crippen molar-refractivity contribution in [2.24, 2.45) is 0 Å². The Morgan fingerprint density at radius 3 is 2.76 bits per heavy atom. The first-order chi connectivity index (χ1) is 8.08. The van der Waals surface area contributed by atoms with Gasteiger partial charge in [-0.05, 0) is 18.2 Å². The predicted octanol–water partition coefficient (Wildman–Crippen LogP) is 0.509. The van der Waals surface area contributed by atoms with Crippen LogP contribution in [0.2, 0.25) is 0 Å². The van der Waals surface area contributed by atoms with E-state index in [4.69, 9.17) is 15.8 Å². The summed E-state index contributed by atoms with van der Waals surface area (Å²) in [5, 5.41) is 27.5. The van der Waals surface area contributed by atoms with Crippen LogP contribution in [0.5, 0.6) is 0 Å². The largest absolute Gasteiger partial charge is 0.477 e. The van der Waals surface area contributed by atoms with Gasteiger partial charge in [-0.15, -0.1) is 0 Å². The van der Waals surface area contributed by atoms with Gasteiger partial charge in [-0.3, -0.25) is 10.4 Å². The molecule has 0 saturated heterocycles. The number of aromatic nitrogens is 1. The number of carbonyl (C=O) groups is 1. The summed E-state index contributed by atoms with van der Waals surface area (Å²) < 4.78 is 0. The van der Waals surface area contributed by atoms with Crippen LogP contribution >= 0.6 is 0 Å². The molecule has 0 amide bonds. The molecule has 17 heavy (non-hydrogen) atoms. The molecule has 6 nitrogen and oxygen atoms in total. The Bertz CT molecular complexity index is 511. The molecule has 0 fully saturated rings. The van der Waals surface area contributed by atoms with Crippen LogP contribution < -0.4 is 5.32 Å². The van der Waals surface area contributed by atoms with E-state index in [1.807, 2.05) is 6.07 Å². The van der Waals surface area contributed by atoms with Gasteiger partial charge in [0.15, 0.2) is 0 Å². The molecule has 0 saturated carbocycles. The van der Waals surface area contributed by atoms with Crippen LogP contribution in [0.1, 0.15) is 11.3 Å². The summed E-state index contributed by atoms with van der Waals surface area (Å²) >= 11 is 0. The molecule has 86 valence electrons. The number of nitrogens with one attached hydrogen (secondary N) is 2.